The van der Waals surface area contributed by atoms with Crippen LogP contribution in [0.4, 0.5) is 0 Å². The van der Waals surface area contributed by atoms with Crippen LogP contribution in [-0.4, -0.2) is 28.1 Å². The van der Waals surface area contributed by atoms with Crippen molar-refractivity contribution in [1.29, 1.82) is 0 Å². The number of rotatable bonds is 1. The molecule has 0 saturated heterocycles. The summed E-state index contributed by atoms with van der Waals surface area (Å²) in [5, 5.41) is 19.3. The van der Waals surface area contributed by atoms with Crippen LogP contribution in [0.25, 0.3) is 0 Å². The molecular formula is C10H17NO2. The number of aliphatic imine (C=N–C) groups is 1. The lowest BCUT2D eigenvalue weighted by Gasteiger charge is -2.12. The van der Waals surface area contributed by atoms with Gasteiger partial charge in [0.1, 0.15) is 12.2 Å². The van der Waals surface area contributed by atoms with E-state index in [0.29, 0.717) is 11.4 Å². The van der Waals surface area contributed by atoms with E-state index in [1.165, 1.54) is 0 Å². The van der Waals surface area contributed by atoms with Crippen LogP contribution in [0.15, 0.2) is 16.3 Å². The Balaban J connectivity index is 3.03. The summed E-state index contributed by atoms with van der Waals surface area (Å²) in [7, 11) is 0. The number of hydrogen-bond donors (Lipinski definition) is 2. The summed E-state index contributed by atoms with van der Waals surface area (Å²) >= 11 is 0. The Kier molecular flexibility index (Phi) is 2.88. The predicted molar refractivity (Wildman–Crippen MR) is 52.7 cm³/mol. The maximum absolute atomic E-state index is 9.63. The third kappa shape index (κ3) is 1.81. The van der Waals surface area contributed by atoms with Crippen LogP contribution >= 0.6 is 0 Å². The predicted octanol–water partition coefficient (Wildman–Crippen LogP) is 1.11. The summed E-state index contributed by atoms with van der Waals surface area (Å²) < 4.78 is 0. The minimum atomic E-state index is -0.831. The van der Waals surface area contributed by atoms with Crippen LogP contribution in [-0.2, 0) is 0 Å². The third-order valence-corrected chi connectivity index (χ3v) is 2.24. The topological polar surface area (TPSA) is 52.8 Å². The van der Waals surface area contributed by atoms with Gasteiger partial charge in [0.15, 0.2) is 0 Å². The van der Waals surface area contributed by atoms with E-state index in [2.05, 4.69) is 4.99 Å². The van der Waals surface area contributed by atoms with Gasteiger partial charge < -0.3 is 10.2 Å². The van der Waals surface area contributed by atoms with Crippen molar-refractivity contribution < 1.29 is 10.2 Å². The van der Waals surface area contributed by atoms with Gasteiger partial charge in [0.25, 0.3) is 0 Å². The second-order valence-electron chi connectivity index (χ2n) is 3.97. The van der Waals surface area contributed by atoms with E-state index in [9.17, 15) is 10.2 Å². The lowest BCUT2D eigenvalue weighted by molar-refractivity contribution is 0.0902. The summed E-state index contributed by atoms with van der Waals surface area (Å²) in [6, 6.07) is 0. The number of aliphatic hydroxyl groups is 2. The Labute approximate surface area is 78.8 Å². The SMILES string of the molecule is CC(C)=C1N=C(C(C)C)C(O)C1O. The molecule has 1 heterocycles. The van der Waals surface area contributed by atoms with Gasteiger partial charge in [0, 0.05) is 0 Å². The zero-order valence-corrected chi connectivity index (χ0v) is 8.57. The van der Waals surface area contributed by atoms with Gasteiger partial charge in [-0.05, 0) is 19.8 Å². The Morgan fingerprint density at radius 3 is 2.00 bits per heavy atom. The lowest BCUT2D eigenvalue weighted by Crippen LogP contribution is -2.31. The van der Waals surface area contributed by atoms with E-state index < -0.39 is 12.2 Å². The van der Waals surface area contributed by atoms with E-state index in [1.807, 2.05) is 27.7 Å². The van der Waals surface area contributed by atoms with Gasteiger partial charge in [-0.25, -0.2) is 0 Å². The second kappa shape index (κ2) is 3.60. The van der Waals surface area contributed by atoms with Crippen LogP contribution in [0, 0.1) is 5.92 Å². The third-order valence-electron chi connectivity index (χ3n) is 2.24. The second-order valence-corrected chi connectivity index (χ2v) is 3.97. The highest BCUT2D eigenvalue weighted by atomic mass is 16.3. The Bertz CT molecular complexity index is 262. The molecule has 2 atom stereocenters. The lowest BCUT2D eigenvalue weighted by atomic mass is 10.0. The highest BCUT2D eigenvalue weighted by Crippen LogP contribution is 2.24. The first-order chi connectivity index (χ1) is 5.95. The largest absolute Gasteiger partial charge is 0.384 e. The normalized spacial score (nSPS) is 28.2. The molecule has 0 aromatic rings. The summed E-state index contributed by atoms with van der Waals surface area (Å²) in [5.41, 5.74) is 2.27. The fourth-order valence-electron chi connectivity index (χ4n) is 1.46. The molecule has 0 amide bonds. The number of aliphatic hydroxyl groups excluding tert-OH is 2. The molecule has 1 rings (SSSR count). The fourth-order valence-corrected chi connectivity index (χ4v) is 1.46. The van der Waals surface area contributed by atoms with Crippen molar-refractivity contribution in [3.05, 3.63) is 11.3 Å². The van der Waals surface area contributed by atoms with Crippen molar-refractivity contribution >= 4 is 5.71 Å². The molecule has 0 aliphatic carbocycles. The van der Waals surface area contributed by atoms with Crippen molar-refractivity contribution in [2.45, 2.75) is 39.9 Å². The molecule has 0 bridgehead atoms. The van der Waals surface area contributed by atoms with Gasteiger partial charge in [-0.15, -0.1) is 0 Å². The van der Waals surface area contributed by atoms with Crippen LogP contribution < -0.4 is 0 Å². The van der Waals surface area contributed by atoms with Crippen LogP contribution in [0.5, 0.6) is 0 Å². The molecule has 0 fully saturated rings. The molecule has 74 valence electrons. The minimum absolute atomic E-state index is 0.182. The van der Waals surface area contributed by atoms with Crippen LogP contribution in [0.1, 0.15) is 27.7 Å². The van der Waals surface area contributed by atoms with E-state index in [-0.39, 0.29) is 5.92 Å². The quantitative estimate of drug-likeness (QED) is 0.640. The van der Waals surface area contributed by atoms with Gasteiger partial charge in [-0.1, -0.05) is 19.4 Å². The van der Waals surface area contributed by atoms with Gasteiger partial charge in [0.2, 0.25) is 0 Å². The van der Waals surface area contributed by atoms with Crippen LogP contribution in [0.2, 0.25) is 0 Å². The molecular weight excluding hydrogens is 166 g/mol. The first kappa shape index (κ1) is 10.4. The maximum atomic E-state index is 9.63. The molecule has 1 aliphatic rings. The maximum Gasteiger partial charge on any atom is 0.127 e. The highest BCUT2D eigenvalue weighted by Gasteiger charge is 2.33. The molecule has 13 heavy (non-hydrogen) atoms. The Morgan fingerprint density at radius 2 is 1.77 bits per heavy atom. The minimum Gasteiger partial charge on any atom is -0.384 e. The summed E-state index contributed by atoms with van der Waals surface area (Å²) in [4.78, 5) is 4.25. The van der Waals surface area contributed by atoms with Gasteiger partial charge in [0.05, 0.1) is 11.4 Å². The number of nitrogens with zero attached hydrogens (tertiary/aromatic N) is 1. The van der Waals surface area contributed by atoms with Crippen molar-refractivity contribution in [3.63, 3.8) is 0 Å². The van der Waals surface area contributed by atoms with Crippen molar-refractivity contribution in [3.8, 4) is 0 Å². The molecule has 3 heteroatoms. The summed E-state index contributed by atoms with van der Waals surface area (Å²) in [5.74, 6) is 0.182. The standard InChI is InChI=1S/C10H17NO2/c1-5(2)7-9(12)10(13)8(11-7)6(3)4/h5,9-10,12-13H,1-4H3. The molecule has 1 aliphatic heterocycles. The monoisotopic (exact) mass is 183 g/mol. The van der Waals surface area contributed by atoms with E-state index >= 15 is 0 Å². The molecule has 2 unspecified atom stereocenters. The van der Waals surface area contributed by atoms with Gasteiger partial charge in [-0.3, -0.25) is 4.99 Å². The molecule has 0 aromatic heterocycles. The van der Waals surface area contributed by atoms with Crippen molar-refractivity contribution in [2.24, 2.45) is 10.9 Å². The van der Waals surface area contributed by atoms with Gasteiger partial charge in [-0.2, -0.15) is 0 Å². The zero-order chi connectivity index (χ0) is 10.2. The summed E-state index contributed by atoms with van der Waals surface area (Å²) in [6.45, 7) is 7.70. The molecule has 0 spiro atoms. The Hall–Kier alpha value is -0.670. The highest BCUT2D eigenvalue weighted by molar-refractivity contribution is 5.94. The zero-order valence-electron chi connectivity index (χ0n) is 8.57. The summed E-state index contributed by atoms with van der Waals surface area (Å²) in [6.07, 6.45) is -1.65. The van der Waals surface area contributed by atoms with E-state index in [0.717, 1.165) is 5.57 Å². The molecule has 2 N–H and O–H groups in total. The molecule has 3 nitrogen and oxygen atoms in total. The molecule has 0 aromatic carbocycles. The average molecular weight is 183 g/mol. The Morgan fingerprint density at radius 1 is 1.23 bits per heavy atom. The average Bonchev–Trinajstić information content (AvgIpc) is 2.29. The van der Waals surface area contributed by atoms with Crippen LogP contribution in [0.3, 0.4) is 0 Å². The molecule has 0 saturated carbocycles. The molecule has 0 radical (unpaired) electrons. The smallest absolute Gasteiger partial charge is 0.127 e. The number of hydrogen-bond acceptors (Lipinski definition) is 3. The van der Waals surface area contributed by atoms with Crippen molar-refractivity contribution in [2.75, 3.05) is 0 Å². The fraction of sp³-hybridized carbons (Fsp3) is 0.700. The van der Waals surface area contributed by atoms with Gasteiger partial charge >= 0.3 is 0 Å². The van der Waals surface area contributed by atoms with E-state index in [4.69, 9.17) is 0 Å². The number of allylic oxidation sites excluding steroid dienone is 1. The first-order valence-electron chi connectivity index (χ1n) is 4.57. The first-order valence-corrected chi connectivity index (χ1v) is 4.57. The van der Waals surface area contributed by atoms with E-state index in [1.54, 1.807) is 0 Å². The van der Waals surface area contributed by atoms with Crippen molar-refractivity contribution in [1.82, 2.24) is 0 Å².